The van der Waals surface area contributed by atoms with Gasteiger partial charge in [-0.05, 0) is 55.2 Å². The van der Waals surface area contributed by atoms with Gasteiger partial charge in [-0.3, -0.25) is 0 Å². The van der Waals surface area contributed by atoms with Gasteiger partial charge in [0, 0.05) is 11.7 Å². The fourth-order valence-corrected chi connectivity index (χ4v) is 3.66. The van der Waals surface area contributed by atoms with Crippen molar-refractivity contribution >= 4 is 17.6 Å². The Morgan fingerprint density at radius 2 is 2.06 bits per heavy atom. The fraction of sp³-hybridized carbons (Fsp3) is 0.615. The van der Waals surface area contributed by atoms with Crippen LogP contribution in [0.2, 0.25) is 0 Å². The molecule has 0 unspecified atom stereocenters. The molecule has 0 amide bonds. The minimum absolute atomic E-state index is 0.646. The summed E-state index contributed by atoms with van der Waals surface area (Å²) in [5.41, 5.74) is 2.79. The molecule has 0 atom stereocenters. The monoisotopic (exact) mass is 234 g/mol. The van der Waals surface area contributed by atoms with Crippen molar-refractivity contribution in [2.45, 2.75) is 38.1 Å². The number of aryl methyl sites for hydroxylation is 2. The van der Waals surface area contributed by atoms with E-state index in [0.29, 0.717) is 6.04 Å². The van der Waals surface area contributed by atoms with Crippen molar-refractivity contribution in [3.63, 3.8) is 0 Å². The predicted octanol–water partition coefficient (Wildman–Crippen LogP) is 2.88. The van der Waals surface area contributed by atoms with E-state index < -0.39 is 0 Å². The third kappa shape index (κ3) is 2.19. The second kappa shape index (κ2) is 4.66. The maximum absolute atomic E-state index is 4.73. The van der Waals surface area contributed by atoms with Crippen LogP contribution in [-0.4, -0.2) is 22.5 Å². The molecular weight excluding hydrogens is 216 g/mol. The van der Waals surface area contributed by atoms with E-state index in [-0.39, 0.29) is 0 Å². The van der Waals surface area contributed by atoms with Gasteiger partial charge in [0.1, 0.15) is 5.82 Å². The van der Waals surface area contributed by atoms with Crippen molar-refractivity contribution in [2.75, 3.05) is 16.8 Å². The van der Waals surface area contributed by atoms with Crippen LogP contribution in [0.5, 0.6) is 0 Å². The van der Waals surface area contributed by atoms with Gasteiger partial charge in [0.05, 0.1) is 0 Å². The minimum atomic E-state index is 0.646. The number of anilines is 1. The number of thioether (sulfide) groups is 1. The van der Waals surface area contributed by atoms with Crippen molar-refractivity contribution < 1.29 is 0 Å². The number of fused-ring (bicyclic) bond motifs is 1. The van der Waals surface area contributed by atoms with Gasteiger partial charge in [0.25, 0.3) is 0 Å². The highest BCUT2D eigenvalue weighted by molar-refractivity contribution is 7.99. The first-order chi connectivity index (χ1) is 7.92. The van der Waals surface area contributed by atoms with E-state index in [2.05, 4.69) is 29.2 Å². The average molecular weight is 234 g/mol. The molecule has 0 bridgehead atoms. The molecule has 0 saturated carbocycles. The number of hydrogen-bond donors (Lipinski definition) is 1. The summed E-state index contributed by atoms with van der Waals surface area (Å²) in [7, 11) is 0. The molecule has 1 fully saturated rings. The molecule has 1 aliphatic carbocycles. The maximum Gasteiger partial charge on any atom is 0.126 e. The molecule has 1 N–H and O–H groups in total. The van der Waals surface area contributed by atoms with Crippen LogP contribution in [0.4, 0.5) is 5.82 Å². The Kier molecular flexibility index (Phi) is 3.04. The molecule has 1 aliphatic heterocycles. The lowest BCUT2D eigenvalue weighted by Gasteiger charge is -2.23. The summed E-state index contributed by atoms with van der Waals surface area (Å²) in [6.07, 6.45) is 6.24. The summed E-state index contributed by atoms with van der Waals surface area (Å²) in [6, 6.07) is 5.06. The Bertz CT molecular complexity index is 372. The SMILES string of the molecule is c1cc2c(nc1NC1CCSCC1)CCC2. The van der Waals surface area contributed by atoms with Crippen molar-refractivity contribution in [2.24, 2.45) is 0 Å². The molecule has 86 valence electrons. The van der Waals surface area contributed by atoms with Crippen LogP contribution >= 0.6 is 11.8 Å². The Morgan fingerprint density at radius 3 is 2.94 bits per heavy atom. The van der Waals surface area contributed by atoms with Gasteiger partial charge in [-0.15, -0.1) is 0 Å². The Morgan fingerprint density at radius 1 is 1.19 bits per heavy atom. The lowest BCUT2D eigenvalue weighted by atomic mass is 10.1. The summed E-state index contributed by atoms with van der Waals surface area (Å²) in [4.78, 5) is 4.73. The van der Waals surface area contributed by atoms with Crippen LogP contribution in [0.1, 0.15) is 30.5 Å². The van der Waals surface area contributed by atoms with E-state index in [1.807, 2.05) is 0 Å². The smallest absolute Gasteiger partial charge is 0.126 e. The lowest BCUT2D eigenvalue weighted by molar-refractivity contribution is 0.663. The number of aromatic nitrogens is 1. The molecule has 1 saturated heterocycles. The van der Waals surface area contributed by atoms with E-state index in [4.69, 9.17) is 4.98 Å². The summed E-state index contributed by atoms with van der Waals surface area (Å²) in [5, 5.41) is 3.59. The van der Waals surface area contributed by atoms with E-state index in [9.17, 15) is 0 Å². The second-order valence-corrected chi connectivity index (χ2v) is 5.91. The first kappa shape index (κ1) is 10.5. The van der Waals surface area contributed by atoms with Crippen molar-refractivity contribution in [3.8, 4) is 0 Å². The van der Waals surface area contributed by atoms with Gasteiger partial charge in [0.2, 0.25) is 0 Å². The van der Waals surface area contributed by atoms with Gasteiger partial charge >= 0.3 is 0 Å². The summed E-state index contributed by atoms with van der Waals surface area (Å²) in [6.45, 7) is 0. The predicted molar refractivity (Wildman–Crippen MR) is 70.2 cm³/mol. The van der Waals surface area contributed by atoms with E-state index in [1.165, 1.54) is 54.9 Å². The fourth-order valence-electron chi connectivity index (χ4n) is 2.55. The largest absolute Gasteiger partial charge is 0.367 e. The van der Waals surface area contributed by atoms with Crippen molar-refractivity contribution in [1.29, 1.82) is 0 Å². The molecule has 0 radical (unpaired) electrons. The molecule has 2 nitrogen and oxygen atoms in total. The number of pyridine rings is 1. The molecule has 2 aliphatic rings. The first-order valence-corrected chi connectivity index (χ1v) is 7.40. The highest BCUT2D eigenvalue weighted by atomic mass is 32.2. The molecule has 0 aromatic carbocycles. The summed E-state index contributed by atoms with van der Waals surface area (Å²) >= 11 is 2.07. The molecule has 2 heterocycles. The van der Waals surface area contributed by atoms with E-state index in [0.717, 1.165) is 5.82 Å². The molecule has 3 heteroatoms. The molecular formula is C13H18N2S. The van der Waals surface area contributed by atoms with Crippen LogP contribution in [0, 0.1) is 0 Å². The van der Waals surface area contributed by atoms with E-state index >= 15 is 0 Å². The van der Waals surface area contributed by atoms with Crippen LogP contribution in [0.15, 0.2) is 12.1 Å². The van der Waals surface area contributed by atoms with Crippen LogP contribution < -0.4 is 5.32 Å². The average Bonchev–Trinajstić information content (AvgIpc) is 2.77. The van der Waals surface area contributed by atoms with Crippen LogP contribution in [0.3, 0.4) is 0 Å². The molecule has 1 aromatic rings. The standard InChI is InChI=1S/C13H18N2S/c1-2-10-4-5-13(15-12(10)3-1)14-11-6-8-16-9-7-11/h4-5,11H,1-3,6-9H2,(H,14,15). The molecule has 1 aromatic heterocycles. The van der Waals surface area contributed by atoms with Gasteiger partial charge in [-0.25, -0.2) is 4.98 Å². The van der Waals surface area contributed by atoms with Gasteiger partial charge in [-0.1, -0.05) is 6.07 Å². The lowest BCUT2D eigenvalue weighted by Crippen LogP contribution is -2.25. The normalized spacial score (nSPS) is 20.8. The Balaban J connectivity index is 1.69. The zero-order valence-corrected chi connectivity index (χ0v) is 10.4. The first-order valence-electron chi connectivity index (χ1n) is 6.25. The van der Waals surface area contributed by atoms with Crippen molar-refractivity contribution in [1.82, 2.24) is 4.98 Å². The zero-order valence-electron chi connectivity index (χ0n) is 9.54. The molecule has 0 spiro atoms. The third-order valence-corrected chi connectivity index (χ3v) is 4.55. The van der Waals surface area contributed by atoms with Gasteiger partial charge in [-0.2, -0.15) is 11.8 Å². The van der Waals surface area contributed by atoms with Crippen molar-refractivity contribution in [3.05, 3.63) is 23.4 Å². The number of nitrogens with one attached hydrogen (secondary N) is 1. The Labute approximate surface area is 101 Å². The second-order valence-electron chi connectivity index (χ2n) is 4.69. The van der Waals surface area contributed by atoms with E-state index in [1.54, 1.807) is 0 Å². The quantitative estimate of drug-likeness (QED) is 0.851. The highest BCUT2D eigenvalue weighted by Gasteiger charge is 2.16. The van der Waals surface area contributed by atoms with Crippen LogP contribution in [-0.2, 0) is 12.8 Å². The summed E-state index contributed by atoms with van der Waals surface area (Å²) in [5.74, 6) is 3.68. The number of rotatable bonds is 2. The molecule has 16 heavy (non-hydrogen) atoms. The highest BCUT2D eigenvalue weighted by Crippen LogP contribution is 2.24. The van der Waals surface area contributed by atoms with Gasteiger partial charge in [0.15, 0.2) is 0 Å². The number of hydrogen-bond acceptors (Lipinski definition) is 3. The number of nitrogens with zero attached hydrogens (tertiary/aromatic N) is 1. The van der Waals surface area contributed by atoms with Crippen LogP contribution in [0.25, 0.3) is 0 Å². The Hall–Kier alpha value is -0.700. The maximum atomic E-state index is 4.73. The third-order valence-electron chi connectivity index (χ3n) is 3.50. The summed E-state index contributed by atoms with van der Waals surface area (Å²) < 4.78 is 0. The van der Waals surface area contributed by atoms with Gasteiger partial charge < -0.3 is 5.32 Å². The molecule has 3 rings (SSSR count). The zero-order chi connectivity index (χ0) is 10.8. The topological polar surface area (TPSA) is 24.9 Å². The minimum Gasteiger partial charge on any atom is -0.367 e.